The highest BCUT2D eigenvalue weighted by atomic mass is 35.5. The van der Waals surface area contributed by atoms with Crippen LogP contribution >= 0.6 is 35.4 Å². The predicted octanol–water partition coefficient (Wildman–Crippen LogP) is 4.00. The quantitative estimate of drug-likeness (QED) is 0.277. The fourth-order valence-electron chi connectivity index (χ4n) is 2.83. The van der Waals surface area contributed by atoms with E-state index >= 15 is 0 Å². The van der Waals surface area contributed by atoms with E-state index in [0.29, 0.717) is 28.1 Å². The molecule has 7 nitrogen and oxygen atoms in total. The Morgan fingerprint density at radius 2 is 1.91 bits per heavy atom. The first-order chi connectivity index (χ1) is 15.9. The Hall–Kier alpha value is -2.49. The molecule has 2 aromatic heterocycles. The smallest absolute Gasteiger partial charge is 0.185 e. The van der Waals surface area contributed by atoms with E-state index in [0.717, 1.165) is 43.3 Å². The van der Waals surface area contributed by atoms with Gasteiger partial charge in [0.2, 0.25) is 0 Å². The Morgan fingerprint density at radius 3 is 2.45 bits per heavy atom. The number of hydrogen-bond donors (Lipinski definition) is 3. The molecule has 1 aliphatic rings. The van der Waals surface area contributed by atoms with Gasteiger partial charge in [0.25, 0.3) is 0 Å². The minimum atomic E-state index is 0.301. The lowest BCUT2D eigenvalue weighted by molar-refractivity contribution is 0.110. The first-order valence-electron chi connectivity index (χ1n) is 10.2. The molecule has 0 radical (unpaired) electrons. The van der Waals surface area contributed by atoms with Gasteiger partial charge in [0.1, 0.15) is 10.9 Å². The second-order valence-electron chi connectivity index (χ2n) is 6.92. The third kappa shape index (κ3) is 9.89. The summed E-state index contributed by atoms with van der Waals surface area (Å²) in [5.41, 5.74) is 6.94. The van der Waals surface area contributed by atoms with Crippen molar-refractivity contribution in [2.45, 2.75) is 6.54 Å². The van der Waals surface area contributed by atoms with Crippen molar-refractivity contribution in [2.75, 3.05) is 33.2 Å². The standard InChI is InChI=1S/C11H15ClN2.C10H6ClNO2.C2H6N2S/c12-11-4-2-1-3-10(11)9-14-7-5-13-6-8-14;11-10-4-1-7(5-12-10)9-3-2-8(6-13)14-9;1-4-2(3)5/h1-4,13H,5-9H2;1-6H;1H3,(H3,3,4,5). The van der Waals surface area contributed by atoms with Gasteiger partial charge in [-0.3, -0.25) is 9.69 Å². The van der Waals surface area contributed by atoms with E-state index < -0.39 is 0 Å². The Bertz CT molecular complexity index is 1010. The van der Waals surface area contributed by atoms with Crippen molar-refractivity contribution < 1.29 is 9.21 Å². The summed E-state index contributed by atoms with van der Waals surface area (Å²) in [6, 6.07) is 14.9. The average molecular weight is 508 g/mol. The molecule has 0 saturated carbocycles. The minimum Gasteiger partial charge on any atom is -0.453 e. The van der Waals surface area contributed by atoms with Gasteiger partial charge in [-0.25, -0.2) is 4.98 Å². The van der Waals surface area contributed by atoms with Crippen LogP contribution in [0.1, 0.15) is 16.1 Å². The van der Waals surface area contributed by atoms with Gasteiger partial charge in [0.05, 0.1) is 0 Å². The summed E-state index contributed by atoms with van der Waals surface area (Å²) in [7, 11) is 1.68. The van der Waals surface area contributed by atoms with Crippen molar-refractivity contribution in [2.24, 2.45) is 5.73 Å². The first-order valence-corrected chi connectivity index (χ1v) is 11.4. The maximum atomic E-state index is 10.4. The van der Waals surface area contributed by atoms with Crippen LogP contribution in [0.25, 0.3) is 11.3 Å². The molecule has 0 spiro atoms. The fourth-order valence-corrected chi connectivity index (χ4v) is 3.14. The summed E-state index contributed by atoms with van der Waals surface area (Å²) in [6.07, 6.45) is 2.25. The molecule has 0 unspecified atom stereocenters. The number of nitrogens with one attached hydrogen (secondary N) is 2. The van der Waals surface area contributed by atoms with Crippen molar-refractivity contribution in [1.29, 1.82) is 0 Å². The number of aldehydes is 1. The van der Waals surface area contributed by atoms with Crippen LogP contribution in [0, 0.1) is 0 Å². The van der Waals surface area contributed by atoms with Gasteiger partial charge in [0.15, 0.2) is 17.2 Å². The van der Waals surface area contributed by atoms with E-state index in [9.17, 15) is 4.79 Å². The number of pyridine rings is 1. The number of piperazine rings is 1. The normalized spacial score (nSPS) is 13.1. The summed E-state index contributed by atoms with van der Waals surface area (Å²) in [6.45, 7) is 5.38. The molecule has 1 aromatic carbocycles. The number of carbonyl (C=O) groups is 1. The molecule has 4 rings (SSSR count). The van der Waals surface area contributed by atoms with Crippen LogP contribution in [-0.2, 0) is 6.54 Å². The first kappa shape index (κ1) is 26.8. The van der Waals surface area contributed by atoms with Crippen LogP contribution in [0.5, 0.6) is 0 Å². The van der Waals surface area contributed by atoms with Crippen LogP contribution < -0.4 is 16.4 Å². The van der Waals surface area contributed by atoms with Gasteiger partial charge in [-0.1, -0.05) is 41.4 Å². The van der Waals surface area contributed by atoms with Crippen LogP contribution in [0.3, 0.4) is 0 Å². The topological polar surface area (TPSA) is 96.4 Å². The van der Waals surface area contributed by atoms with E-state index in [1.807, 2.05) is 18.2 Å². The molecule has 10 heteroatoms. The van der Waals surface area contributed by atoms with E-state index in [-0.39, 0.29) is 0 Å². The van der Waals surface area contributed by atoms with Crippen LogP contribution in [-0.4, -0.2) is 54.5 Å². The number of benzene rings is 1. The molecule has 0 amide bonds. The zero-order valence-electron chi connectivity index (χ0n) is 18.3. The molecule has 0 aliphatic carbocycles. The maximum Gasteiger partial charge on any atom is 0.185 e. The van der Waals surface area contributed by atoms with E-state index in [1.165, 1.54) is 5.56 Å². The number of rotatable bonds is 4. The van der Waals surface area contributed by atoms with Gasteiger partial charge in [-0.2, -0.15) is 0 Å². The number of carbonyl (C=O) groups excluding carboxylic acids is 1. The second kappa shape index (κ2) is 14.6. The van der Waals surface area contributed by atoms with Crippen molar-refractivity contribution in [3.05, 3.63) is 76.2 Å². The number of nitrogens with two attached hydrogens (primary N) is 1. The molecule has 4 N–H and O–H groups in total. The van der Waals surface area contributed by atoms with Crippen molar-refractivity contribution in [1.82, 2.24) is 20.5 Å². The number of furan rings is 1. The molecular weight excluding hydrogens is 481 g/mol. The number of aromatic nitrogens is 1. The highest BCUT2D eigenvalue weighted by Crippen LogP contribution is 2.21. The second-order valence-corrected chi connectivity index (χ2v) is 8.16. The summed E-state index contributed by atoms with van der Waals surface area (Å²) in [5.74, 6) is 0.909. The van der Waals surface area contributed by atoms with Crippen molar-refractivity contribution in [3.63, 3.8) is 0 Å². The molecule has 1 fully saturated rings. The lowest BCUT2D eigenvalue weighted by Crippen LogP contribution is -2.42. The Balaban J connectivity index is 0.000000195. The largest absolute Gasteiger partial charge is 0.453 e. The molecule has 3 heterocycles. The van der Waals surface area contributed by atoms with Crippen LogP contribution in [0.4, 0.5) is 0 Å². The van der Waals surface area contributed by atoms with Crippen molar-refractivity contribution in [3.8, 4) is 11.3 Å². The third-order valence-corrected chi connectivity index (χ3v) is 5.36. The molecule has 0 atom stereocenters. The van der Waals surface area contributed by atoms with Crippen LogP contribution in [0.2, 0.25) is 10.2 Å². The lowest BCUT2D eigenvalue weighted by atomic mass is 10.2. The Kier molecular flexibility index (Phi) is 11.9. The molecule has 3 aromatic rings. The highest BCUT2D eigenvalue weighted by molar-refractivity contribution is 7.80. The molecular formula is C23H27Cl2N5O2S. The monoisotopic (exact) mass is 507 g/mol. The van der Waals surface area contributed by atoms with E-state index in [2.05, 4.69) is 38.8 Å². The van der Waals surface area contributed by atoms with Gasteiger partial charge in [0, 0.05) is 56.6 Å². The zero-order valence-corrected chi connectivity index (χ0v) is 20.6. The lowest BCUT2D eigenvalue weighted by Gasteiger charge is -2.27. The highest BCUT2D eigenvalue weighted by Gasteiger charge is 2.10. The molecule has 176 valence electrons. The zero-order chi connectivity index (χ0) is 24.1. The summed E-state index contributed by atoms with van der Waals surface area (Å²) < 4.78 is 5.21. The fraction of sp³-hybridized carbons (Fsp3) is 0.261. The van der Waals surface area contributed by atoms with Gasteiger partial charge in [-0.05, 0) is 48.1 Å². The molecule has 1 saturated heterocycles. The minimum absolute atomic E-state index is 0.301. The third-order valence-electron chi connectivity index (χ3n) is 4.56. The van der Waals surface area contributed by atoms with Gasteiger partial charge < -0.3 is 20.8 Å². The van der Waals surface area contributed by atoms with Crippen LogP contribution in [0.15, 0.2) is 59.1 Å². The number of nitrogens with zero attached hydrogens (tertiary/aromatic N) is 2. The molecule has 33 heavy (non-hydrogen) atoms. The summed E-state index contributed by atoms with van der Waals surface area (Å²) in [4.78, 5) is 16.7. The number of thiocarbonyl (C=S) groups is 1. The number of hydrogen-bond acceptors (Lipinski definition) is 6. The maximum absolute atomic E-state index is 10.4. The van der Waals surface area contributed by atoms with Gasteiger partial charge >= 0.3 is 0 Å². The number of halogens is 2. The SMILES string of the molecule is CNC(N)=S.Clc1ccccc1CN1CCNCC1.O=Cc1ccc(-c2ccc(Cl)nc2)o1. The van der Waals surface area contributed by atoms with E-state index in [1.54, 1.807) is 37.5 Å². The summed E-state index contributed by atoms with van der Waals surface area (Å²) in [5, 5.41) is 7.52. The van der Waals surface area contributed by atoms with Crippen molar-refractivity contribution >= 4 is 46.8 Å². The van der Waals surface area contributed by atoms with E-state index in [4.69, 9.17) is 33.4 Å². The Morgan fingerprint density at radius 1 is 1.21 bits per heavy atom. The van der Waals surface area contributed by atoms with Gasteiger partial charge in [-0.15, -0.1) is 0 Å². The average Bonchev–Trinajstić information content (AvgIpc) is 3.32. The predicted molar refractivity (Wildman–Crippen MR) is 138 cm³/mol. The summed E-state index contributed by atoms with van der Waals surface area (Å²) >= 11 is 16.1. The Labute approximate surface area is 209 Å². The molecule has 1 aliphatic heterocycles. The molecule has 0 bridgehead atoms.